The maximum atomic E-state index is 11.8. The van der Waals surface area contributed by atoms with Crippen LogP contribution in [0.4, 0.5) is 5.69 Å². The van der Waals surface area contributed by atoms with Gasteiger partial charge in [-0.2, -0.15) is 0 Å². The van der Waals surface area contributed by atoms with Gasteiger partial charge < -0.3 is 21.1 Å². The quantitative estimate of drug-likeness (QED) is 0.256. The first-order valence-corrected chi connectivity index (χ1v) is 6.91. The number of ether oxygens (including phenoxy) is 1. The van der Waals surface area contributed by atoms with E-state index in [9.17, 15) is 4.79 Å². The summed E-state index contributed by atoms with van der Waals surface area (Å²) in [5.41, 5.74) is 7.34. The summed E-state index contributed by atoms with van der Waals surface area (Å²) in [5.74, 6) is 0.00542. The molecule has 0 aliphatic rings. The molecule has 8 heteroatoms. The molecule has 21 heavy (non-hydrogen) atoms. The Labute approximate surface area is 150 Å². The molecule has 1 amide bonds. The fourth-order valence-electron chi connectivity index (χ4n) is 1.41. The number of hydrogen-bond donors (Lipinski definition) is 3. The molecular weight excluding hydrogens is 451 g/mol. The van der Waals surface area contributed by atoms with Gasteiger partial charge in [-0.3, -0.25) is 4.79 Å². The van der Waals surface area contributed by atoms with E-state index in [4.69, 9.17) is 10.5 Å². The minimum Gasteiger partial charge on any atom is -0.383 e. The average molecular weight is 471 g/mol. The lowest BCUT2D eigenvalue weighted by molar-refractivity contribution is -0.114. The Bertz CT molecular complexity index is 497. The van der Waals surface area contributed by atoms with Gasteiger partial charge >= 0.3 is 0 Å². The third-order valence-electron chi connectivity index (χ3n) is 2.48. The molecule has 0 heterocycles. The summed E-state index contributed by atoms with van der Waals surface area (Å²) in [5, 5.41) is 5.63. The average Bonchev–Trinajstić information content (AvgIpc) is 2.41. The maximum absolute atomic E-state index is 11.8. The number of hydrogen-bond acceptors (Lipinski definition) is 3. The van der Waals surface area contributed by atoms with Crippen LogP contribution in [0, 0.1) is 6.92 Å². The van der Waals surface area contributed by atoms with Crippen molar-refractivity contribution in [2.75, 3.05) is 32.1 Å². The molecular formula is C13H20BrIN4O2. The zero-order chi connectivity index (χ0) is 15.0. The maximum Gasteiger partial charge on any atom is 0.246 e. The summed E-state index contributed by atoms with van der Waals surface area (Å²) in [6, 6.07) is 5.68. The molecule has 1 rings (SSSR count). The first-order valence-electron chi connectivity index (χ1n) is 6.11. The van der Waals surface area contributed by atoms with Crippen molar-refractivity contribution in [3.05, 3.63) is 28.2 Å². The Kier molecular flexibility index (Phi) is 10.4. The fraction of sp³-hybridized carbons (Fsp3) is 0.385. The van der Waals surface area contributed by atoms with E-state index < -0.39 is 0 Å². The van der Waals surface area contributed by atoms with Crippen LogP contribution in [0.3, 0.4) is 0 Å². The second kappa shape index (κ2) is 10.8. The number of methoxy groups -OCH3 is 1. The highest BCUT2D eigenvalue weighted by Gasteiger charge is 2.05. The van der Waals surface area contributed by atoms with E-state index in [1.807, 2.05) is 25.1 Å². The summed E-state index contributed by atoms with van der Waals surface area (Å²) in [7, 11) is 1.60. The molecule has 0 radical (unpaired) electrons. The number of aliphatic imine (C=N–C) groups is 1. The molecule has 0 atom stereocenters. The first-order chi connectivity index (χ1) is 9.52. The van der Waals surface area contributed by atoms with Crippen molar-refractivity contribution >= 4 is 57.5 Å². The van der Waals surface area contributed by atoms with Gasteiger partial charge in [-0.25, -0.2) is 4.99 Å². The molecule has 0 fully saturated rings. The van der Waals surface area contributed by atoms with Gasteiger partial charge in [0, 0.05) is 23.8 Å². The monoisotopic (exact) mass is 470 g/mol. The Hall–Kier alpha value is -0.870. The van der Waals surface area contributed by atoms with Gasteiger partial charge in [0.15, 0.2) is 5.96 Å². The predicted molar refractivity (Wildman–Crippen MR) is 99.3 cm³/mol. The summed E-state index contributed by atoms with van der Waals surface area (Å²) in [4.78, 5) is 15.7. The summed E-state index contributed by atoms with van der Waals surface area (Å²) >= 11 is 3.36. The van der Waals surface area contributed by atoms with Gasteiger partial charge in [0.1, 0.15) is 6.54 Å². The van der Waals surface area contributed by atoms with Gasteiger partial charge in [0.2, 0.25) is 5.91 Å². The van der Waals surface area contributed by atoms with E-state index in [1.165, 1.54) is 0 Å². The number of rotatable bonds is 6. The van der Waals surface area contributed by atoms with E-state index in [-0.39, 0.29) is 42.4 Å². The molecule has 1 aromatic carbocycles. The molecule has 0 unspecified atom stereocenters. The van der Waals surface area contributed by atoms with Crippen molar-refractivity contribution < 1.29 is 9.53 Å². The van der Waals surface area contributed by atoms with E-state index in [2.05, 4.69) is 31.6 Å². The number of guanidine groups is 1. The number of aryl methyl sites for hydroxylation is 1. The molecule has 0 aliphatic carbocycles. The van der Waals surface area contributed by atoms with Crippen molar-refractivity contribution in [3.8, 4) is 0 Å². The molecule has 0 saturated carbocycles. The number of carbonyl (C=O) groups is 1. The van der Waals surface area contributed by atoms with Crippen LogP contribution in [0.2, 0.25) is 0 Å². The van der Waals surface area contributed by atoms with Crippen LogP contribution in [-0.2, 0) is 9.53 Å². The van der Waals surface area contributed by atoms with Gasteiger partial charge in [0.05, 0.1) is 6.61 Å². The van der Waals surface area contributed by atoms with Gasteiger partial charge in [-0.05, 0) is 24.6 Å². The van der Waals surface area contributed by atoms with Crippen LogP contribution in [0.15, 0.2) is 27.7 Å². The minimum absolute atomic E-state index is 0. The topological polar surface area (TPSA) is 88.7 Å². The second-order valence-corrected chi connectivity index (χ2v) is 5.04. The smallest absolute Gasteiger partial charge is 0.246 e. The molecule has 0 spiro atoms. The first kappa shape index (κ1) is 20.1. The molecule has 1 aromatic rings. The third kappa shape index (κ3) is 8.22. The zero-order valence-electron chi connectivity index (χ0n) is 12.0. The van der Waals surface area contributed by atoms with Crippen LogP contribution >= 0.6 is 39.9 Å². The Balaban J connectivity index is 0.00000400. The Morgan fingerprint density at radius 3 is 2.86 bits per heavy atom. The van der Waals surface area contributed by atoms with Gasteiger partial charge in [0.25, 0.3) is 0 Å². The fourth-order valence-corrected chi connectivity index (χ4v) is 1.77. The SMILES string of the molecule is COCCNC(N)=NCC(=O)Nc1cc(Br)ccc1C.I. The molecule has 0 saturated heterocycles. The normalized spacial score (nSPS) is 10.7. The second-order valence-electron chi connectivity index (χ2n) is 4.13. The van der Waals surface area contributed by atoms with Crippen molar-refractivity contribution in [2.45, 2.75) is 6.92 Å². The number of carbonyl (C=O) groups excluding carboxylic acids is 1. The van der Waals surface area contributed by atoms with Crippen molar-refractivity contribution in [1.29, 1.82) is 0 Å². The third-order valence-corrected chi connectivity index (χ3v) is 2.97. The number of benzene rings is 1. The predicted octanol–water partition coefficient (Wildman–Crippen LogP) is 1.86. The number of nitrogens with one attached hydrogen (secondary N) is 2. The Morgan fingerprint density at radius 1 is 1.48 bits per heavy atom. The van der Waals surface area contributed by atoms with Crippen LogP contribution in [0.1, 0.15) is 5.56 Å². The number of amides is 1. The van der Waals surface area contributed by atoms with Gasteiger partial charge in [-0.15, -0.1) is 24.0 Å². The number of nitrogens with two attached hydrogens (primary N) is 1. The molecule has 4 N–H and O–H groups in total. The molecule has 6 nitrogen and oxygen atoms in total. The van der Waals surface area contributed by atoms with Crippen LogP contribution in [0.25, 0.3) is 0 Å². The van der Waals surface area contributed by atoms with E-state index >= 15 is 0 Å². The van der Waals surface area contributed by atoms with Crippen LogP contribution < -0.4 is 16.4 Å². The van der Waals surface area contributed by atoms with Crippen molar-refractivity contribution in [1.82, 2.24) is 5.32 Å². The number of anilines is 1. The highest BCUT2D eigenvalue weighted by atomic mass is 127. The zero-order valence-corrected chi connectivity index (χ0v) is 15.9. The van der Waals surface area contributed by atoms with E-state index in [0.29, 0.717) is 13.2 Å². The van der Waals surface area contributed by atoms with E-state index in [1.54, 1.807) is 7.11 Å². The lowest BCUT2D eigenvalue weighted by atomic mass is 10.2. The number of halogens is 2. The number of nitrogens with zero attached hydrogens (tertiary/aromatic N) is 1. The standard InChI is InChI=1S/C13H19BrN4O2.HI/c1-9-3-4-10(14)7-11(9)18-12(19)8-17-13(15)16-5-6-20-2;/h3-4,7H,5-6,8H2,1-2H3,(H,18,19)(H3,15,16,17);1H. The van der Waals surface area contributed by atoms with E-state index in [0.717, 1.165) is 15.7 Å². The van der Waals surface area contributed by atoms with Crippen molar-refractivity contribution in [2.24, 2.45) is 10.7 Å². The molecule has 0 aromatic heterocycles. The molecule has 0 aliphatic heterocycles. The lowest BCUT2D eigenvalue weighted by Crippen LogP contribution is -2.35. The molecule has 0 bridgehead atoms. The Morgan fingerprint density at radius 2 is 2.19 bits per heavy atom. The van der Waals surface area contributed by atoms with Crippen LogP contribution in [0.5, 0.6) is 0 Å². The summed E-state index contributed by atoms with van der Waals surface area (Å²) < 4.78 is 5.77. The van der Waals surface area contributed by atoms with Gasteiger partial charge in [-0.1, -0.05) is 22.0 Å². The highest BCUT2D eigenvalue weighted by molar-refractivity contribution is 14.0. The summed E-state index contributed by atoms with van der Waals surface area (Å²) in [6.07, 6.45) is 0. The lowest BCUT2D eigenvalue weighted by Gasteiger charge is -2.08. The highest BCUT2D eigenvalue weighted by Crippen LogP contribution is 2.20. The molecule has 118 valence electrons. The van der Waals surface area contributed by atoms with Crippen molar-refractivity contribution in [3.63, 3.8) is 0 Å². The van der Waals surface area contributed by atoms with Crippen LogP contribution in [-0.4, -0.2) is 38.7 Å². The minimum atomic E-state index is -0.220. The largest absolute Gasteiger partial charge is 0.383 e. The summed E-state index contributed by atoms with van der Waals surface area (Å²) in [6.45, 7) is 2.97.